The lowest BCUT2D eigenvalue weighted by atomic mass is 10.3. The molecule has 0 saturated heterocycles. The van der Waals surface area contributed by atoms with Gasteiger partial charge >= 0.3 is 11.9 Å². The number of esters is 2. The van der Waals surface area contributed by atoms with E-state index in [0.29, 0.717) is 4.88 Å². The van der Waals surface area contributed by atoms with Crippen molar-refractivity contribution in [2.24, 2.45) is 0 Å². The maximum atomic E-state index is 11.7. The highest BCUT2D eigenvalue weighted by Crippen LogP contribution is 2.07. The van der Waals surface area contributed by atoms with Crippen molar-refractivity contribution in [1.82, 2.24) is 10.9 Å². The first-order valence-electron chi connectivity index (χ1n) is 6.23. The van der Waals surface area contributed by atoms with Crippen molar-refractivity contribution < 1.29 is 23.9 Å². The van der Waals surface area contributed by atoms with Gasteiger partial charge in [0.25, 0.3) is 5.91 Å². The number of nitrogens with one attached hydrogen (secondary N) is 2. The molecule has 0 saturated carbocycles. The number of carbonyl (C=O) groups is 3. The summed E-state index contributed by atoms with van der Waals surface area (Å²) in [5.74, 6) is -2.03. The number of amides is 1. The lowest BCUT2D eigenvalue weighted by Crippen LogP contribution is -2.34. The second kappa shape index (κ2) is 8.75. The molecule has 7 nitrogen and oxygen atoms in total. The van der Waals surface area contributed by atoms with Crippen LogP contribution in [-0.4, -0.2) is 31.1 Å². The summed E-state index contributed by atoms with van der Waals surface area (Å²) in [7, 11) is 0. The van der Waals surface area contributed by atoms with Crippen LogP contribution in [0, 0.1) is 0 Å². The minimum absolute atomic E-state index is 0.122. The van der Waals surface area contributed by atoms with Crippen LogP contribution in [0.25, 0.3) is 0 Å². The second-order valence-electron chi connectivity index (χ2n) is 3.57. The fourth-order valence-electron chi connectivity index (χ4n) is 1.26. The molecule has 0 radical (unpaired) electrons. The molecule has 1 aromatic heterocycles. The summed E-state index contributed by atoms with van der Waals surface area (Å²) in [5, 5.41) is 1.76. The van der Waals surface area contributed by atoms with E-state index in [1.165, 1.54) is 11.3 Å². The topological polar surface area (TPSA) is 93.7 Å². The first kappa shape index (κ1) is 16.7. The van der Waals surface area contributed by atoms with Crippen LogP contribution in [0.2, 0.25) is 0 Å². The SMILES string of the molecule is CCOC(=O)C(=CNNC(=O)c1cccs1)C(=O)OCC. The third-order valence-electron chi connectivity index (χ3n) is 2.14. The number of hydrogen-bond acceptors (Lipinski definition) is 7. The predicted molar refractivity (Wildman–Crippen MR) is 76.3 cm³/mol. The van der Waals surface area contributed by atoms with Crippen molar-refractivity contribution in [3.05, 3.63) is 34.2 Å². The molecule has 1 aromatic rings. The van der Waals surface area contributed by atoms with Crippen molar-refractivity contribution in [2.75, 3.05) is 13.2 Å². The molecule has 0 bridgehead atoms. The highest BCUT2D eigenvalue weighted by atomic mass is 32.1. The van der Waals surface area contributed by atoms with Gasteiger partial charge in [-0.25, -0.2) is 9.59 Å². The molecule has 8 heteroatoms. The fourth-order valence-corrected chi connectivity index (χ4v) is 1.88. The Hall–Kier alpha value is -2.35. The van der Waals surface area contributed by atoms with E-state index in [1.54, 1.807) is 31.4 Å². The highest BCUT2D eigenvalue weighted by Gasteiger charge is 2.21. The molecule has 0 atom stereocenters. The van der Waals surface area contributed by atoms with Gasteiger partial charge in [-0.2, -0.15) is 0 Å². The Kier molecular flexibility index (Phi) is 6.96. The van der Waals surface area contributed by atoms with Crippen LogP contribution in [0.3, 0.4) is 0 Å². The molecule has 1 rings (SSSR count). The first-order valence-corrected chi connectivity index (χ1v) is 7.11. The zero-order valence-electron chi connectivity index (χ0n) is 11.7. The summed E-state index contributed by atoms with van der Waals surface area (Å²) in [6.07, 6.45) is 1.04. The van der Waals surface area contributed by atoms with Gasteiger partial charge in [0.2, 0.25) is 0 Å². The molecular weight excluding hydrogens is 296 g/mol. The van der Waals surface area contributed by atoms with Gasteiger partial charge in [-0.3, -0.25) is 10.2 Å². The lowest BCUT2D eigenvalue weighted by molar-refractivity contribution is -0.146. The first-order chi connectivity index (χ1) is 10.1. The molecule has 0 unspecified atom stereocenters. The minimum Gasteiger partial charge on any atom is -0.462 e. The molecule has 0 aliphatic rings. The number of hydrogen-bond donors (Lipinski definition) is 2. The molecule has 0 aliphatic heterocycles. The van der Waals surface area contributed by atoms with Gasteiger partial charge < -0.3 is 14.9 Å². The van der Waals surface area contributed by atoms with E-state index in [-0.39, 0.29) is 24.7 Å². The van der Waals surface area contributed by atoms with Gasteiger partial charge in [0.1, 0.15) is 0 Å². The Labute approximate surface area is 125 Å². The summed E-state index contributed by atoms with van der Waals surface area (Å²) < 4.78 is 9.49. The zero-order valence-corrected chi connectivity index (χ0v) is 12.5. The van der Waals surface area contributed by atoms with Crippen LogP contribution in [0.4, 0.5) is 0 Å². The number of thiophene rings is 1. The summed E-state index contributed by atoms with van der Waals surface area (Å²) >= 11 is 1.26. The predicted octanol–water partition coefficient (Wildman–Crippen LogP) is 0.993. The van der Waals surface area contributed by atoms with Crippen molar-refractivity contribution in [3.8, 4) is 0 Å². The Morgan fingerprint density at radius 1 is 1.19 bits per heavy atom. The van der Waals surface area contributed by atoms with Crippen molar-refractivity contribution in [2.45, 2.75) is 13.8 Å². The third kappa shape index (κ3) is 5.27. The largest absolute Gasteiger partial charge is 0.462 e. The third-order valence-corrected chi connectivity index (χ3v) is 3.01. The number of ether oxygens (including phenoxy) is 2. The number of rotatable bonds is 7. The van der Waals surface area contributed by atoms with Gasteiger partial charge in [0, 0.05) is 6.20 Å². The molecule has 0 spiro atoms. The van der Waals surface area contributed by atoms with Gasteiger partial charge in [-0.1, -0.05) is 6.07 Å². The Morgan fingerprint density at radius 2 is 1.81 bits per heavy atom. The van der Waals surface area contributed by atoms with Crippen LogP contribution in [0.15, 0.2) is 29.3 Å². The standard InChI is InChI=1S/C13H16N2O5S/c1-3-19-12(17)9(13(18)20-4-2)8-14-15-11(16)10-6-5-7-21-10/h5-8,14H,3-4H2,1-2H3,(H,15,16). The maximum Gasteiger partial charge on any atom is 0.347 e. The Morgan fingerprint density at radius 3 is 2.29 bits per heavy atom. The van der Waals surface area contributed by atoms with Crippen LogP contribution in [-0.2, 0) is 19.1 Å². The summed E-state index contributed by atoms with van der Waals surface area (Å²) in [6, 6.07) is 3.38. The average Bonchev–Trinajstić information content (AvgIpc) is 2.97. The molecule has 0 aromatic carbocycles. The Bertz CT molecular complexity index is 505. The normalized spacial score (nSPS) is 9.43. The Balaban J connectivity index is 2.67. The molecular formula is C13H16N2O5S. The maximum absolute atomic E-state index is 11.7. The highest BCUT2D eigenvalue weighted by molar-refractivity contribution is 7.12. The van der Waals surface area contributed by atoms with Crippen LogP contribution < -0.4 is 10.9 Å². The quantitative estimate of drug-likeness (QED) is 0.256. The van der Waals surface area contributed by atoms with E-state index in [1.807, 2.05) is 0 Å². The summed E-state index contributed by atoms with van der Waals surface area (Å²) in [5.41, 5.74) is 4.41. The van der Waals surface area contributed by atoms with Crippen molar-refractivity contribution in [3.63, 3.8) is 0 Å². The van der Waals surface area contributed by atoms with E-state index in [4.69, 9.17) is 9.47 Å². The van der Waals surface area contributed by atoms with Gasteiger partial charge in [-0.05, 0) is 25.3 Å². The van der Waals surface area contributed by atoms with Crippen molar-refractivity contribution in [1.29, 1.82) is 0 Å². The zero-order chi connectivity index (χ0) is 15.7. The van der Waals surface area contributed by atoms with Gasteiger partial charge in [0.05, 0.1) is 18.1 Å². The fraction of sp³-hybridized carbons (Fsp3) is 0.308. The lowest BCUT2D eigenvalue weighted by Gasteiger charge is -2.08. The van der Waals surface area contributed by atoms with E-state index in [9.17, 15) is 14.4 Å². The van der Waals surface area contributed by atoms with Crippen LogP contribution in [0.1, 0.15) is 23.5 Å². The molecule has 1 amide bonds. The smallest absolute Gasteiger partial charge is 0.347 e. The van der Waals surface area contributed by atoms with Crippen molar-refractivity contribution >= 4 is 29.2 Å². The second-order valence-corrected chi connectivity index (χ2v) is 4.52. The molecule has 1 heterocycles. The summed E-state index contributed by atoms with van der Waals surface area (Å²) in [4.78, 5) is 35.4. The van der Waals surface area contributed by atoms with E-state index in [2.05, 4.69) is 10.9 Å². The molecule has 114 valence electrons. The number of carbonyl (C=O) groups excluding carboxylic acids is 3. The van der Waals surface area contributed by atoms with Gasteiger partial charge in [-0.15, -0.1) is 11.3 Å². The average molecular weight is 312 g/mol. The number of hydrazine groups is 1. The van der Waals surface area contributed by atoms with Crippen LogP contribution in [0.5, 0.6) is 0 Å². The molecule has 2 N–H and O–H groups in total. The monoisotopic (exact) mass is 312 g/mol. The van der Waals surface area contributed by atoms with E-state index in [0.717, 1.165) is 6.20 Å². The molecule has 0 aliphatic carbocycles. The van der Waals surface area contributed by atoms with Gasteiger partial charge in [0.15, 0.2) is 5.57 Å². The minimum atomic E-state index is -0.825. The van der Waals surface area contributed by atoms with Crippen LogP contribution >= 0.6 is 11.3 Å². The summed E-state index contributed by atoms with van der Waals surface area (Å²) in [6.45, 7) is 3.48. The molecule has 0 fully saturated rings. The molecule has 21 heavy (non-hydrogen) atoms. The van der Waals surface area contributed by atoms with E-state index >= 15 is 0 Å². The van der Waals surface area contributed by atoms with E-state index < -0.39 is 11.9 Å².